The minimum absolute atomic E-state index is 0.0106. The number of rotatable bonds is 2. The van der Waals surface area contributed by atoms with Crippen LogP contribution in [0.15, 0.2) is 53.7 Å². The molecule has 19 heavy (non-hydrogen) atoms. The van der Waals surface area contributed by atoms with E-state index in [2.05, 4.69) is 9.98 Å². The Morgan fingerprint density at radius 1 is 1.05 bits per heavy atom. The SMILES string of the molecule is Fc1ccc(F)c(N=Cc2cccc3cc[nH]c23)c1. The van der Waals surface area contributed by atoms with Crippen molar-refractivity contribution in [1.82, 2.24) is 4.98 Å². The molecular formula is C15H10F2N2. The summed E-state index contributed by atoms with van der Waals surface area (Å²) < 4.78 is 26.5. The summed E-state index contributed by atoms with van der Waals surface area (Å²) in [6.45, 7) is 0. The number of aliphatic imine (C=N–C) groups is 1. The van der Waals surface area contributed by atoms with E-state index in [0.717, 1.165) is 34.7 Å². The van der Waals surface area contributed by atoms with Crippen LogP contribution < -0.4 is 0 Å². The van der Waals surface area contributed by atoms with Crippen LogP contribution in [0.2, 0.25) is 0 Å². The molecule has 0 saturated carbocycles. The van der Waals surface area contributed by atoms with Gasteiger partial charge in [-0.2, -0.15) is 0 Å². The van der Waals surface area contributed by atoms with Gasteiger partial charge in [-0.05, 0) is 18.2 Å². The summed E-state index contributed by atoms with van der Waals surface area (Å²) in [5.41, 5.74) is 1.73. The standard InChI is InChI=1S/C15H10F2N2/c16-12-4-5-13(17)14(8-12)19-9-11-3-1-2-10-6-7-18-15(10)11/h1-9,18H. The van der Waals surface area contributed by atoms with Crippen molar-refractivity contribution in [2.24, 2.45) is 4.99 Å². The van der Waals surface area contributed by atoms with Crippen LogP contribution in [0, 0.1) is 11.6 Å². The van der Waals surface area contributed by atoms with Gasteiger partial charge >= 0.3 is 0 Å². The van der Waals surface area contributed by atoms with Crippen molar-refractivity contribution < 1.29 is 8.78 Å². The van der Waals surface area contributed by atoms with Crippen LogP contribution in [0.4, 0.5) is 14.5 Å². The Balaban J connectivity index is 2.02. The first-order valence-corrected chi connectivity index (χ1v) is 5.79. The first kappa shape index (κ1) is 11.6. The summed E-state index contributed by atoms with van der Waals surface area (Å²) in [5, 5.41) is 1.05. The number of para-hydroxylation sites is 1. The molecule has 0 bridgehead atoms. The number of aromatic amines is 1. The molecule has 3 aromatic rings. The molecule has 2 nitrogen and oxygen atoms in total. The van der Waals surface area contributed by atoms with Gasteiger partial charge in [0.05, 0.1) is 5.52 Å². The molecule has 1 aromatic heterocycles. The maximum absolute atomic E-state index is 13.4. The smallest absolute Gasteiger partial charge is 0.149 e. The third-order valence-electron chi connectivity index (χ3n) is 2.87. The fourth-order valence-corrected chi connectivity index (χ4v) is 1.94. The number of fused-ring (bicyclic) bond motifs is 1. The minimum atomic E-state index is -0.545. The van der Waals surface area contributed by atoms with Crippen molar-refractivity contribution in [3.63, 3.8) is 0 Å². The molecule has 0 saturated heterocycles. The summed E-state index contributed by atoms with van der Waals surface area (Å²) in [7, 11) is 0. The van der Waals surface area contributed by atoms with Crippen LogP contribution in [-0.4, -0.2) is 11.2 Å². The van der Waals surface area contributed by atoms with E-state index < -0.39 is 11.6 Å². The van der Waals surface area contributed by atoms with Gasteiger partial charge in [-0.15, -0.1) is 0 Å². The quantitative estimate of drug-likeness (QED) is 0.666. The molecule has 4 heteroatoms. The summed E-state index contributed by atoms with van der Waals surface area (Å²) >= 11 is 0. The highest BCUT2D eigenvalue weighted by atomic mass is 19.1. The second-order valence-electron chi connectivity index (χ2n) is 4.14. The zero-order valence-electron chi connectivity index (χ0n) is 9.90. The number of hydrogen-bond donors (Lipinski definition) is 1. The van der Waals surface area contributed by atoms with Crippen molar-refractivity contribution in [3.05, 3.63) is 65.9 Å². The van der Waals surface area contributed by atoms with E-state index in [9.17, 15) is 8.78 Å². The summed E-state index contributed by atoms with van der Waals surface area (Å²) in [6, 6.07) is 10.9. The van der Waals surface area contributed by atoms with Crippen molar-refractivity contribution in [1.29, 1.82) is 0 Å². The van der Waals surface area contributed by atoms with Crippen LogP contribution in [0.25, 0.3) is 10.9 Å². The number of H-pyrrole nitrogens is 1. The van der Waals surface area contributed by atoms with Gasteiger partial charge in [-0.3, -0.25) is 4.99 Å². The monoisotopic (exact) mass is 256 g/mol. The Kier molecular flexibility index (Phi) is 2.83. The topological polar surface area (TPSA) is 28.1 Å². The van der Waals surface area contributed by atoms with Gasteiger partial charge in [0.2, 0.25) is 0 Å². The lowest BCUT2D eigenvalue weighted by atomic mass is 10.1. The Hall–Kier alpha value is -2.49. The third-order valence-corrected chi connectivity index (χ3v) is 2.87. The predicted molar refractivity (Wildman–Crippen MR) is 71.9 cm³/mol. The largest absolute Gasteiger partial charge is 0.361 e. The van der Waals surface area contributed by atoms with E-state index in [1.807, 2.05) is 30.5 Å². The van der Waals surface area contributed by atoms with Crippen LogP contribution in [0.1, 0.15) is 5.56 Å². The zero-order valence-corrected chi connectivity index (χ0v) is 9.90. The van der Waals surface area contributed by atoms with E-state index in [1.165, 1.54) is 6.21 Å². The fraction of sp³-hybridized carbons (Fsp3) is 0. The van der Waals surface area contributed by atoms with E-state index in [1.54, 1.807) is 0 Å². The Bertz CT molecular complexity index is 760. The molecule has 0 unspecified atom stereocenters. The van der Waals surface area contributed by atoms with Crippen LogP contribution >= 0.6 is 0 Å². The first-order valence-electron chi connectivity index (χ1n) is 5.79. The molecule has 3 rings (SSSR count). The normalized spacial score (nSPS) is 11.5. The summed E-state index contributed by atoms with van der Waals surface area (Å²) in [4.78, 5) is 7.10. The third kappa shape index (κ3) is 2.25. The lowest BCUT2D eigenvalue weighted by Crippen LogP contribution is -1.85. The van der Waals surface area contributed by atoms with Gasteiger partial charge < -0.3 is 4.98 Å². The molecule has 2 aromatic carbocycles. The average Bonchev–Trinajstić information content (AvgIpc) is 2.88. The fourth-order valence-electron chi connectivity index (χ4n) is 1.94. The maximum atomic E-state index is 13.4. The van der Waals surface area contributed by atoms with Gasteiger partial charge in [0, 0.05) is 29.4 Å². The molecule has 1 N–H and O–H groups in total. The van der Waals surface area contributed by atoms with Crippen molar-refractivity contribution in [2.45, 2.75) is 0 Å². The van der Waals surface area contributed by atoms with Crippen molar-refractivity contribution >= 4 is 22.8 Å². The Morgan fingerprint density at radius 3 is 2.84 bits per heavy atom. The maximum Gasteiger partial charge on any atom is 0.149 e. The zero-order chi connectivity index (χ0) is 13.2. The first-order chi connectivity index (χ1) is 9.24. The number of nitrogens with zero attached hydrogens (tertiary/aromatic N) is 1. The highest BCUT2D eigenvalue weighted by molar-refractivity contribution is 5.98. The summed E-state index contributed by atoms with van der Waals surface area (Å²) in [5.74, 6) is -1.05. The van der Waals surface area contributed by atoms with Gasteiger partial charge in [0.25, 0.3) is 0 Å². The minimum Gasteiger partial charge on any atom is -0.361 e. The van der Waals surface area contributed by atoms with E-state index in [-0.39, 0.29) is 5.69 Å². The number of nitrogens with one attached hydrogen (secondary N) is 1. The lowest BCUT2D eigenvalue weighted by molar-refractivity contribution is 0.602. The molecule has 0 fully saturated rings. The van der Waals surface area contributed by atoms with Gasteiger partial charge in [0.15, 0.2) is 0 Å². The highest BCUT2D eigenvalue weighted by Gasteiger charge is 2.02. The molecule has 1 heterocycles. The molecule has 0 atom stereocenters. The van der Waals surface area contributed by atoms with E-state index in [4.69, 9.17) is 0 Å². The molecule has 0 aliphatic heterocycles. The van der Waals surface area contributed by atoms with Gasteiger partial charge in [0.1, 0.15) is 17.3 Å². The Morgan fingerprint density at radius 2 is 1.95 bits per heavy atom. The second-order valence-corrected chi connectivity index (χ2v) is 4.14. The molecule has 0 amide bonds. The van der Waals surface area contributed by atoms with Crippen LogP contribution in [0.5, 0.6) is 0 Å². The number of halogens is 2. The highest BCUT2D eigenvalue weighted by Crippen LogP contribution is 2.20. The molecule has 0 spiro atoms. The van der Waals surface area contributed by atoms with Crippen LogP contribution in [0.3, 0.4) is 0 Å². The number of hydrogen-bond acceptors (Lipinski definition) is 1. The second kappa shape index (κ2) is 4.65. The average molecular weight is 256 g/mol. The Labute approximate surface area is 108 Å². The van der Waals surface area contributed by atoms with Crippen LogP contribution in [-0.2, 0) is 0 Å². The summed E-state index contributed by atoms with van der Waals surface area (Å²) in [6.07, 6.45) is 3.35. The molecule has 0 radical (unpaired) electrons. The van der Waals surface area contributed by atoms with E-state index in [0.29, 0.717) is 0 Å². The van der Waals surface area contributed by atoms with Gasteiger partial charge in [-0.25, -0.2) is 8.78 Å². The predicted octanol–water partition coefficient (Wildman–Crippen LogP) is 4.20. The molecular weight excluding hydrogens is 246 g/mol. The van der Waals surface area contributed by atoms with E-state index >= 15 is 0 Å². The van der Waals surface area contributed by atoms with Crippen molar-refractivity contribution in [2.75, 3.05) is 0 Å². The molecule has 0 aliphatic carbocycles. The van der Waals surface area contributed by atoms with Gasteiger partial charge in [-0.1, -0.05) is 18.2 Å². The molecule has 94 valence electrons. The molecule has 0 aliphatic rings. The lowest BCUT2D eigenvalue weighted by Gasteiger charge is -1.98. The van der Waals surface area contributed by atoms with Crippen molar-refractivity contribution in [3.8, 4) is 0 Å². The number of benzene rings is 2. The number of aromatic nitrogens is 1.